The van der Waals surface area contributed by atoms with E-state index in [1.54, 1.807) is 0 Å². The average Bonchev–Trinajstić information content (AvgIpc) is 2.35. The monoisotopic (exact) mass is 274 g/mol. The lowest BCUT2D eigenvalue weighted by Gasteiger charge is -2.07. The van der Waals surface area contributed by atoms with Crippen molar-refractivity contribution in [1.29, 1.82) is 0 Å². The number of hydrogen-bond acceptors (Lipinski definition) is 3. The molecule has 0 saturated heterocycles. The summed E-state index contributed by atoms with van der Waals surface area (Å²) in [5.74, 6) is -0.923. The van der Waals surface area contributed by atoms with E-state index >= 15 is 0 Å². The van der Waals surface area contributed by atoms with Gasteiger partial charge in [0.15, 0.2) is 0 Å². The molecule has 4 heteroatoms. The van der Waals surface area contributed by atoms with E-state index in [-0.39, 0.29) is 6.42 Å². The van der Waals surface area contributed by atoms with E-state index in [1.807, 2.05) is 0 Å². The third kappa shape index (κ3) is 15.3. The van der Waals surface area contributed by atoms with Gasteiger partial charge in [0.1, 0.15) is 0 Å². The van der Waals surface area contributed by atoms with Crippen LogP contribution in [-0.4, -0.2) is 34.0 Å². The zero-order valence-electron chi connectivity index (χ0n) is 12.0. The maximum atomic E-state index is 10.3. The number of rotatable bonds is 14. The molecule has 0 aliphatic rings. The summed E-state index contributed by atoms with van der Waals surface area (Å²) >= 11 is 0. The molecular formula is C15H30O4. The van der Waals surface area contributed by atoms with Gasteiger partial charge in [0, 0.05) is 6.61 Å². The smallest absolute Gasteiger partial charge is 0.305 e. The van der Waals surface area contributed by atoms with E-state index in [1.165, 1.54) is 38.5 Å². The van der Waals surface area contributed by atoms with E-state index in [4.69, 9.17) is 10.2 Å². The first-order valence-corrected chi connectivity index (χ1v) is 7.67. The van der Waals surface area contributed by atoms with Crippen LogP contribution in [0.4, 0.5) is 0 Å². The predicted molar refractivity (Wildman–Crippen MR) is 76.1 cm³/mol. The number of aliphatic carboxylic acids is 1. The van der Waals surface area contributed by atoms with Gasteiger partial charge in [-0.25, -0.2) is 0 Å². The van der Waals surface area contributed by atoms with E-state index in [0.29, 0.717) is 13.0 Å². The van der Waals surface area contributed by atoms with Crippen LogP contribution in [0.2, 0.25) is 0 Å². The summed E-state index contributed by atoms with van der Waals surface area (Å²) in [6.45, 7) is 0.313. The lowest BCUT2D eigenvalue weighted by atomic mass is 10.0. The van der Waals surface area contributed by atoms with Gasteiger partial charge in [-0.1, -0.05) is 57.8 Å². The molecule has 0 aromatic heterocycles. The molecule has 0 radical (unpaired) electrons. The fourth-order valence-corrected chi connectivity index (χ4v) is 2.21. The number of carbonyl (C=O) groups is 1. The van der Waals surface area contributed by atoms with Crippen LogP contribution in [0.1, 0.15) is 77.0 Å². The molecule has 4 nitrogen and oxygen atoms in total. The van der Waals surface area contributed by atoms with E-state index in [9.17, 15) is 9.90 Å². The van der Waals surface area contributed by atoms with Crippen LogP contribution in [-0.2, 0) is 4.79 Å². The molecule has 0 rings (SSSR count). The van der Waals surface area contributed by atoms with Gasteiger partial charge in [0.2, 0.25) is 0 Å². The zero-order valence-corrected chi connectivity index (χ0v) is 12.0. The molecule has 0 amide bonds. The molecule has 0 aromatic carbocycles. The fraction of sp³-hybridized carbons (Fsp3) is 0.933. The highest BCUT2D eigenvalue weighted by Crippen LogP contribution is 2.12. The first kappa shape index (κ1) is 18.4. The van der Waals surface area contributed by atoms with Crippen molar-refractivity contribution in [2.75, 3.05) is 6.61 Å². The fourth-order valence-electron chi connectivity index (χ4n) is 2.21. The standard InChI is InChI=1S/C15H30O4/c16-12-10-8-6-4-2-1-3-5-7-9-11-14(17)13-15(18)19/h14,16-17H,1-13H2,(H,18,19)/t14-/m1/s1. The van der Waals surface area contributed by atoms with Crippen LogP contribution < -0.4 is 0 Å². The van der Waals surface area contributed by atoms with Crippen molar-refractivity contribution in [3.8, 4) is 0 Å². The molecule has 0 bridgehead atoms. The van der Waals surface area contributed by atoms with Crippen molar-refractivity contribution in [2.45, 2.75) is 83.2 Å². The molecule has 0 heterocycles. The largest absolute Gasteiger partial charge is 0.481 e. The number of unbranched alkanes of at least 4 members (excludes halogenated alkanes) is 9. The molecule has 19 heavy (non-hydrogen) atoms. The highest BCUT2D eigenvalue weighted by molar-refractivity contribution is 5.67. The Bertz CT molecular complexity index is 206. The summed E-state index contributed by atoms with van der Waals surface area (Å²) in [7, 11) is 0. The SMILES string of the molecule is O=C(O)C[C@H](O)CCCCCCCCCCCCO. The maximum absolute atomic E-state index is 10.3. The summed E-state index contributed by atoms with van der Waals surface area (Å²) in [4.78, 5) is 10.3. The summed E-state index contributed by atoms with van der Waals surface area (Å²) in [5.41, 5.74) is 0. The average molecular weight is 274 g/mol. The highest BCUT2D eigenvalue weighted by Gasteiger charge is 2.08. The lowest BCUT2D eigenvalue weighted by Crippen LogP contribution is -2.12. The molecule has 0 unspecified atom stereocenters. The molecule has 1 atom stereocenters. The Morgan fingerprint density at radius 1 is 0.789 bits per heavy atom. The number of carboxylic acids is 1. The van der Waals surface area contributed by atoms with Crippen LogP contribution in [0.5, 0.6) is 0 Å². The normalized spacial score (nSPS) is 12.5. The van der Waals surface area contributed by atoms with Crippen LogP contribution in [0.25, 0.3) is 0 Å². The Morgan fingerprint density at radius 3 is 1.63 bits per heavy atom. The van der Waals surface area contributed by atoms with Gasteiger partial charge < -0.3 is 15.3 Å². The Morgan fingerprint density at radius 2 is 1.21 bits per heavy atom. The van der Waals surface area contributed by atoms with Gasteiger partial charge in [0.05, 0.1) is 12.5 Å². The minimum atomic E-state index is -0.923. The van der Waals surface area contributed by atoms with Crippen LogP contribution >= 0.6 is 0 Å². The number of hydrogen-bond donors (Lipinski definition) is 3. The molecule has 3 N–H and O–H groups in total. The Labute approximate surface area is 116 Å². The van der Waals surface area contributed by atoms with Crippen molar-refractivity contribution >= 4 is 5.97 Å². The minimum Gasteiger partial charge on any atom is -0.481 e. The van der Waals surface area contributed by atoms with Crippen molar-refractivity contribution in [3.05, 3.63) is 0 Å². The van der Waals surface area contributed by atoms with Crippen LogP contribution in [0.15, 0.2) is 0 Å². The van der Waals surface area contributed by atoms with Crippen molar-refractivity contribution in [2.24, 2.45) is 0 Å². The van der Waals surface area contributed by atoms with Gasteiger partial charge in [-0.2, -0.15) is 0 Å². The van der Waals surface area contributed by atoms with E-state index in [0.717, 1.165) is 25.7 Å². The Balaban J connectivity index is 3.08. The Hall–Kier alpha value is -0.610. The zero-order chi connectivity index (χ0) is 14.3. The molecule has 0 aromatic rings. The molecular weight excluding hydrogens is 244 g/mol. The molecule has 0 aliphatic carbocycles. The summed E-state index contributed by atoms with van der Waals surface area (Å²) in [6, 6.07) is 0. The first-order chi connectivity index (χ1) is 9.16. The number of aliphatic hydroxyl groups is 2. The third-order valence-corrected chi connectivity index (χ3v) is 3.36. The number of aliphatic hydroxyl groups excluding tert-OH is 2. The summed E-state index contributed by atoms with van der Waals surface area (Å²) in [6.07, 6.45) is 11.3. The van der Waals surface area contributed by atoms with Crippen molar-refractivity contribution in [3.63, 3.8) is 0 Å². The van der Waals surface area contributed by atoms with Gasteiger partial charge in [-0.15, -0.1) is 0 Å². The highest BCUT2D eigenvalue weighted by atomic mass is 16.4. The Kier molecular flexibility index (Phi) is 13.4. The second kappa shape index (κ2) is 13.8. The molecule has 0 saturated carbocycles. The van der Waals surface area contributed by atoms with Crippen molar-refractivity contribution < 1.29 is 20.1 Å². The molecule has 0 aliphatic heterocycles. The van der Waals surface area contributed by atoms with Crippen molar-refractivity contribution in [1.82, 2.24) is 0 Å². The van der Waals surface area contributed by atoms with Gasteiger partial charge >= 0.3 is 5.97 Å². The first-order valence-electron chi connectivity index (χ1n) is 7.67. The lowest BCUT2D eigenvalue weighted by molar-refractivity contribution is -0.139. The molecule has 0 fully saturated rings. The van der Waals surface area contributed by atoms with Gasteiger partial charge in [-0.3, -0.25) is 4.79 Å². The number of carboxylic acid groups (broad SMARTS) is 1. The van der Waals surface area contributed by atoms with Crippen LogP contribution in [0, 0.1) is 0 Å². The van der Waals surface area contributed by atoms with Crippen LogP contribution in [0.3, 0.4) is 0 Å². The summed E-state index contributed by atoms with van der Waals surface area (Å²) < 4.78 is 0. The molecule has 114 valence electrons. The molecule has 0 spiro atoms. The van der Waals surface area contributed by atoms with E-state index in [2.05, 4.69) is 0 Å². The quantitative estimate of drug-likeness (QED) is 0.425. The predicted octanol–water partition coefficient (Wildman–Crippen LogP) is 3.11. The van der Waals surface area contributed by atoms with E-state index < -0.39 is 12.1 Å². The van der Waals surface area contributed by atoms with Gasteiger partial charge in [0.25, 0.3) is 0 Å². The maximum Gasteiger partial charge on any atom is 0.305 e. The minimum absolute atomic E-state index is 0.131. The second-order valence-electron chi connectivity index (χ2n) is 5.30. The topological polar surface area (TPSA) is 77.8 Å². The second-order valence-corrected chi connectivity index (χ2v) is 5.30. The summed E-state index contributed by atoms with van der Waals surface area (Å²) in [5, 5.41) is 26.5. The van der Waals surface area contributed by atoms with Gasteiger partial charge in [-0.05, 0) is 12.8 Å². The third-order valence-electron chi connectivity index (χ3n) is 3.36.